The van der Waals surface area contributed by atoms with Gasteiger partial charge in [0.05, 0.1) is 0 Å². The second-order valence-electron chi connectivity index (χ2n) is 3.49. The molecule has 0 radical (unpaired) electrons. The normalized spacial score (nSPS) is 10.3. The van der Waals surface area contributed by atoms with Gasteiger partial charge in [-0.2, -0.15) is 5.26 Å². The maximum atomic E-state index is 8.90. The highest BCUT2D eigenvalue weighted by atomic mass is 15.1. The number of hydrogen-bond donors (Lipinski definition) is 0. The predicted molar refractivity (Wildman–Crippen MR) is 60.2 cm³/mol. The highest BCUT2D eigenvalue weighted by Crippen LogP contribution is 2.08. The molecule has 1 heterocycles. The number of nitrogens with zero attached hydrogens (tertiary/aromatic N) is 3. The van der Waals surface area contributed by atoms with E-state index in [2.05, 4.69) is 29.8 Å². The molecule has 1 aromatic heterocycles. The Labute approximate surface area is 91.4 Å². The first-order chi connectivity index (χ1) is 7.31. The molecular formula is C12H17N3. The second kappa shape index (κ2) is 6.15. The summed E-state index contributed by atoms with van der Waals surface area (Å²) in [6, 6.07) is 5.99. The molecule has 0 fully saturated rings. The zero-order chi connectivity index (χ0) is 11.1. The first-order valence-corrected chi connectivity index (χ1v) is 5.38. The van der Waals surface area contributed by atoms with Crippen LogP contribution >= 0.6 is 0 Å². The topological polar surface area (TPSA) is 39.9 Å². The highest BCUT2D eigenvalue weighted by Gasteiger charge is 2.06. The third-order valence-corrected chi connectivity index (χ3v) is 2.38. The molecule has 0 unspecified atom stereocenters. The molecule has 0 aliphatic heterocycles. The van der Waals surface area contributed by atoms with Gasteiger partial charge in [0.25, 0.3) is 0 Å². The number of rotatable bonds is 5. The molecule has 1 aromatic rings. The van der Waals surface area contributed by atoms with E-state index in [0.717, 1.165) is 31.6 Å². The van der Waals surface area contributed by atoms with Crippen LogP contribution in [-0.4, -0.2) is 23.0 Å². The molecule has 0 aromatic carbocycles. The van der Waals surface area contributed by atoms with Gasteiger partial charge in [0.1, 0.15) is 11.8 Å². The fraction of sp³-hybridized carbons (Fsp3) is 0.500. The molecule has 0 saturated carbocycles. The monoisotopic (exact) mass is 203 g/mol. The van der Waals surface area contributed by atoms with Gasteiger partial charge in [-0.05, 0) is 25.6 Å². The van der Waals surface area contributed by atoms with Crippen molar-refractivity contribution >= 4 is 0 Å². The van der Waals surface area contributed by atoms with Crippen molar-refractivity contribution in [3.05, 3.63) is 29.6 Å². The summed E-state index contributed by atoms with van der Waals surface area (Å²) in [6.07, 6.45) is 2.80. The maximum absolute atomic E-state index is 8.90. The van der Waals surface area contributed by atoms with Crippen molar-refractivity contribution in [2.24, 2.45) is 0 Å². The Hall–Kier alpha value is -1.40. The third kappa shape index (κ3) is 3.34. The fourth-order valence-electron chi connectivity index (χ4n) is 1.57. The van der Waals surface area contributed by atoms with E-state index in [-0.39, 0.29) is 0 Å². The molecule has 1 rings (SSSR count). The van der Waals surface area contributed by atoms with Gasteiger partial charge in [-0.15, -0.1) is 0 Å². The largest absolute Gasteiger partial charge is 0.299 e. The molecule has 0 aliphatic carbocycles. The summed E-state index contributed by atoms with van der Waals surface area (Å²) in [5.41, 5.74) is 1.57. The molecule has 0 saturated heterocycles. The molecule has 80 valence electrons. The highest BCUT2D eigenvalue weighted by molar-refractivity contribution is 5.30. The Morgan fingerprint density at radius 3 is 2.87 bits per heavy atom. The van der Waals surface area contributed by atoms with E-state index in [0.29, 0.717) is 5.69 Å². The fourth-order valence-corrected chi connectivity index (χ4v) is 1.57. The molecule has 3 heteroatoms. The Morgan fingerprint density at radius 2 is 2.27 bits per heavy atom. The van der Waals surface area contributed by atoms with Crippen molar-refractivity contribution in [1.82, 2.24) is 9.88 Å². The van der Waals surface area contributed by atoms with Gasteiger partial charge in [0.15, 0.2) is 0 Å². The lowest BCUT2D eigenvalue weighted by molar-refractivity contribution is 0.280. The molecule has 0 N–H and O–H groups in total. The van der Waals surface area contributed by atoms with Crippen molar-refractivity contribution < 1.29 is 0 Å². The van der Waals surface area contributed by atoms with Gasteiger partial charge in [0.2, 0.25) is 0 Å². The summed E-state index contributed by atoms with van der Waals surface area (Å²) < 4.78 is 0. The Morgan fingerprint density at radius 1 is 1.47 bits per heavy atom. The molecule has 0 amide bonds. The molecule has 0 atom stereocenters. The molecule has 15 heavy (non-hydrogen) atoms. The van der Waals surface area contributed by atoms with Crippen LogP contribution in [0.2, 0.25) is 0 Å². The van der Waals surface area contributed by atoms with Gasteiger partial charge >= 0.3 is 0 Å². The van der Waals surface area contributed by atoms with Crippen molar-refractivity contribution in [1.29, 1.82) is 5.26 Å². The lowest BCUT2D eigenvalue weighted by Crippen LogP contribution is -2.24. The summed E-state index contributed by atoms with van der Waals surface area (Å²) in [5.74, 6) is 0. The Bertz CT molecular complexity index is 341. The number of hydrogen-bond acceptors (Lipinski definition) is 3. The summed E-state index contributed by atoms with van der Waals surface area (Å²) in [6.45, 7) is 7.19. The summed E-state index contributed by atoms with van der Waals surface area (Å²) in [5, 5.41) is 8.90. The smallest absolute Gasteiger partial charge is 0.144 e. The molecule has 0 spiro atoms. The van der Waals surface area contributed by atoms with E-state index in [4.69, 9.17) is 5.26 Å². The Balaban J connectivity index is 2.74. The zero-order valence-electron chi connectivity index (χ0n) is 9.40. The molecular weight excluding hydrogens is 186 g/mol. The van der Waals surface area contributed by atoms with Crippen LogP contribution in [0, 0.1) is 11.3 Å². The Kier molecular flexibility index (Phi) is 4.79. The van der Waals surface area contributed by atoms with Crippen molar-refractivity contribution in [2.45, 2.75) is 26.8 Å². The van der Waals surface area contributed by atoms with Crippen molar-refractivity contribution in [3.8, 4) is 6.07 Å². The molecule has 0 bridgehead atoms. The van der Waals surface area contributed by atoms with Gasteiger partial charge in [-0.1, -0.05) is 19.9 Å². The van der Waals surface area contributed by atoms with E-state index in [1.807, 2.05) is 12.1 Å². The number of nitriles is 1. The van der Waals surface area contributed by atoms with Gasteiger partial charge < -0.3 is 0 Å². The van der Waals surface area contributed by atoms with Crippen LogP contribution in [0.5, 0.6) is 0 Å². The van der Waals surface area contributed by atoms with Crippen LogP contribution in [-0.2, 0) is 6.54 Å². The van der Waals surface area contributed by atoms with Gasteiger partial charge in [0, 0.05) is 18.3 Å². The lowest BCUT2D eigenvalue weighted by Gasteiger charge is -2.19. The molecule has 3 nitrogen and oxygen atoms in total. The second-order valence-corrected chi connectivity index (χ2v) is 3.49. The summed E-state index contributed by atoms with van der Waals surface area (Å²) in [4.78, 5) is 6.37. The first-order valence-electron chi connectivity index (χ1n) is 5.38. The van der Waals surface area contributed by atoms with Crippen LogP contribution in [0.15, 0.2) is 18.3 Å². The van der Waals surface area contributed by atoms with E-state index in [1.54, 1.807) is 6.20 Å². The zero-order valence-corrected chi connectivity index (χ0v) is 9.40. The average molecular weight is 203 g/mol. The minimum Gasteiger partial charge on any atom is -0.299 e. The van der Waals surface area contributed by atoms with Gasteiger partial charge in [-0.25, -0.2) is 4.98 Å². The number of aromatic nitrogens is 1. The van der Waals surface area contributed by atoms with Crippen molar-refractivity contribution in [2.75, 3.05) is 13.1 Å². The maximum Gasteiger partial charge on any atom is 0.144 e. The predicted octanol–water partition coefficient (Wildman–Crippen LogP) is 2.19. The average Bonchev–Trinajstić information content (AvgIpc) is 2.29. The van der Waals surface area contributed by atoms with Crippen LogP contribution < -0.4 is 0 Å². The van der Waals surface area contributed by atoms with E-state index in [9.17, 15) is 0 Å². The van der Waals surface area contributed by atoms with Crippen LogP contribution in [0.4, 0.5) is 0 Å². The quantitative estimate of drug-likeness (QED) is 0.736. The summed E-state index contributed by atoms with van der Waals surface area (Å²) >= 11 is 0. The van der Waals surface area contributed by atoms with Crippen LogP contribution in [0.25, 0.3) is 0 Å². The van der Waals surface area contributed by atoms with Crippen molar-refractivity contribution in [3.63, 3.8) is 0 Å². The minimum atomic E-state index is 0.548. The van der Waals surface area contributed by atoms with E-state index >= 15 is 0 Å². The van der Waals surface area contributed by atoms with Gasteiger partial charge in [-0.3, -0.25) is 4.90 Å². The van der Waals surface area contributed by atoms with E-state index in [1.165, 1.54) is 0 Å². The number of pyridine rings is 1. The molecule has 0 aliphatic rings. The third-order valence-electron chi connectivity index (χ3n) is 2.38. The standard InChI is InChI=1S/C12H17N3/c1-3-8-15(4-2)10-11-6-5-7-14-12(11)9-13/h5-7H,3-4,8,10H2,1-2H3. The van der Waals surface area contributed by atoms with Crippen LogP contribution in [0.3, 0.4) is 0 Å². The SMILES string of the molecule is CCCN(CC)Cc1cccnc1C#N. The van der Waals surface area contributed by atoms with Crippen LogP contribution in [0.1, 0.15) is 31.5 Å². The summed E-state index contributed by atoms with van der Waals surface area (Å²) in [7, 11) is 0. The van der Waals surface area contributed by atoms with E-state index < -0.39 is 0 Å². The lowest BCUT2D eigenvalue weighted by atomic mass is 10.2. The first kappa shape index (κ1) is 11.7. The minimum absolute atomic E-state index is 0.548.